The molecule has 0 saturated heterocycles. The largest absolute Gasteiger partial charge is 0.399 e. The summed E-state index contributed by atoms with van der Waals surface area (Å²) < 4.78 is 0. The molecule has 2 N–H and O–H groups in total. The maximum atomic E-state index is 6.01. The van der Waals surface area contributed by atoms with Crippen LogP contribution in [0.25, 0.3) is 0 Å². The lowest BCUT2D eigenvalue weighted by Crippen LogP contribution is -2.27. The van der Waals surface area contributed by atoms with Crippen LogP contribution < -0.4 is 5.73 Å². The van der Waals surface area contributed by atoms with Gasteiger partial charge in [-0.25, -0.2) is 0 Å². The Hall–Kier alpha value is -1.80. The second-order valence-electron chi connectivity index (χ2n) is 5.91. The van der Waals surface area contributed by atoms with Crippen molar-refractivity contribution in [3.05, 3.63) is 65.2 Å². The smallest absolute Gasteiger partial charge is 0.0346 e. The molecule has 1 heterocycles. The van der Waals surface area contributed by atoms with Crippen LogP contribution in [0.1, 0.15) is 23.1 Å². The van der Waals surface area contributed by atoms with E-state index in [-0.39, 0.29) is 0 Å². The average molecular weight is 280 g/mol. The van der Waals surface area contributed by atoms with E-state index in [4.69, 9.17) is 5.73 Å². The maximum Gasteiger partial charge on any atom is 0.0346 e. The fourth-order valence-electron chi connectivity index (χ4n) is 3.19. The highest BCUT2D eigenvalue weighted by Gasteiger charge is 2.13. The minimum Gasteiger partial charge on any atom is -0.399 e. The van der Waals surface area contributed by atoms with Gasteiger partial charge in [0, 0.05) is 18.8 Å². The highest BCUT2D eigenvalue weighted by atomic mass is 15.1. The van der Waals surface area contributed by atoms with Gasteiger partial charge in [0.15, 0.2) is 0 Å². The van der Waals surface area contributed by atoms with E-state index in [1.165, 1.54) is 55.6 Å². The van der Waals surface area contributed by atoms with Crippen LogP contribution in [0.3, 0.4) is 0 Å². The molecule has 0 fully saturated rings. The number of nitrogens with two attached hydrogens (primary N) is 1. The maximum absolute atomic E-state index is 6.01. The Labute approximate surface area is 127 Å². The van der Waals surface area contributed by atoms with E-state index in [2.05, 4.69) is 41.3 Å². The van der Waals surface area contributed by atoms with Crippen molar-refractivity contribution in [2.45, 2.75) is 25.7 Å². The zero-order valence-electron chi connectivity index (χ0n) is 12.6. The molecule has 110 valence electrons. The van der Waals surface area contributed by atoms with Crippen molar-refractivity contribution in [2.75, 3.05) is 25.4 Å². The summed E-state index contributed by atoms with van der Waals surface area (Å²) in [5, 5.41) is 0. The van der Waals surface area contributed by atoms with Crippen molar-refractivity contribution in [3.8, 4) is 0 Å². The lowest BCUT2D eigenvalue weighted by molar-refractivity contribution is 0.284. The first-order chi connectivity index (χ1) is 10.3. The third-order valence-electron chi connectivity index (χ3n) is 4.49. The predicted molar refractivity (Wildman–Crippen MR) is 89.5 cm³/mol. The molecule has 21 heavy (non-hydrogen) atoms. The number of rotatable bonds is 4. The Morgan fingerprint density at radius 1 is 0.857 bits per heavy atom. The van der Waals surface area contributed by atoms with Gasteiger partial charge in [-0.15, -0.1) is 0 Å². The topological polar surface area (TPSA) is 29.3 Å². The third-order valence-corrected chi connectivity index (χ3v) is 4.49. The van der Waals surface area contributed by atoms with Crippen LogP contribution in [-0.2, 0) is 19.3 Å². The lowest BCUT2D eigenvalue weighted by atomic mass is 10.0. The Balaban J connectivity index is 1.50. The fourth-order valence-corrected chi connectivity index (χ4v) is 3.19. The summed E-state index contributed by atoms with van der Waals surface area (Å²) >= 11 is 0. The molecular weight excluding hydrogens is 256 g/mol. The molecule has 2 heteroatoms. The number of aryl methyl sites for hydroxylation is 1. The highest BCUT2D eigenvalue weighted by molar-refractivity contribution is 5.46. The van der Waals surface area contributed by atoms with Crippen LogP contribution in [0.2, 0.25) is 0 Å². The van der Waals surface area contributed by atoms with Crippen molar-refractivity contribution < 1.29 is 0 Å². The van der Waals surface area contributed by atoms with Crippen molar-refractivity contribution in [3.63, 3.8) is 0 Å². The van der Waals surface area contributed by atoms with Gasteiger partial charge < -0.3 is 10.6 Å². The van der Waals surface area contributed by atoms with Crippen molar-refractivity contribution in [1.29, 1.82) is 0 Å². The summed E-state index contributed by atoms with van der Waals surface area (Å²) in [4.78, 5) is 2.60. The van der Waals surface area contributed by atoms with Crippen molar-refractivity contribution >= 4 is 5.69 Å². The van der Waals surface area contributed by atoms with Crippen LogP contribution in [0.15, 0.2) is 48.5 Å². The SMILES string of the molecule is Nc1ccccc1CCCN1CCc2ccccc2CC1. The summed E-state index contributed by atoms with van der Waals surface area (Å²) in [5.41, 5.74) is 11.3. The van der Waals surface area contributed by atoms with Crippen molar-refractivity contribution in [2.24, 2.45) is 0 Å². The molecule has 2 aromatic carbocycles. The molecule has 3 rings (SSSR count). The minimum atomic E-state index is 0.931. The molecule has 0 spiro atoms. The van der Waals surface area contributed by atoms with E-state index in [9.17, 15) is 0 Å². The minimum absolute atomic E-state index is 0.931. The van der Waals surface area contributed by atoms with Crippen LogP contribution in [0, 0.1) is 0 Å². The van der Waals surface area contributed by atoms with Gasteiger partial charge in [0.25, 0.3) is 0 Å². The summed E-state index contributed by atoms with van der Waals surface area (Å²) in [6, 6.07) is 17.1. The van der Waals surface area contributed by atoms with Gasteiger partial charge in [0.1, 0.15) is 0 Å². The Morgan fingerprint density at radius 2 is 1.48 bits per heavy atom. The summed E-state index contributed by atoms with van der Waals surface area (Å²) in [6.07, 6.45) is 4.63. The molecule has 2 aromatic rings. The fraction of sp³-hybridized carbons (Fsp3) is 0.368. The van der Waals surface area contributed by atoms with Gasteiger partial charge in [-0.3, -0.25) is 0 Å². The molecule has 1 aliphatic rings. The van der Waals surface area contributed by atoms with Gasteiger partial charge >= 0.3 is 0 Å². The first-order valence-electron chi connectivity index (χ1n) is 7.95. The average Bonchev–Trinajstić information content (AvgIpc) is 2.72. The van der Waals surface area contributed by atoms with E-state index in [1.807, 2.05) is 12.1 Å². The third kappa shape index (κ3) is 3.64. The number of para-hydroxylation sites is 1. The van der Waals surface area contributed by atoms with Crippen LogP contribution in [-0.4, -0.2) is 24.5 Å². The molecule has 0 saturated carbocycles. The van der Waals surface area contributed by atoms with Crippen LogP contribution in [0.4, 0.5) is 5.69 Å². The molecule has 0 amide bonds. The normalized spacial score (nSPS) is 15.4. The van der Waals surface area contributed by atoms with Gasteiger partial charge in [-0.1, -0.05) is 42.5 Å². The van der Waals surface area contributed by atoms with E-state index < -0.39 is 0 Å². The van der Waals surface area contributed by atoms with E-state index in [1.54, 1.807) is 0 Å². The number of hydrogen-bond acceptors (Lipinski definition) is 2. The highest BCUT2D eigenvalue weighted by Crippen LogP contribution is 2.17. The van der Waals surface area contributed by atoms with Gasteiger partial charge in [-0.2, -0.15) is 0 Å². The molecule has 0 radical (unpaired) electrons. The van der Waals surface area contributed by atoms with Gasteiger partial charge in [0.2, 0.25) is 0 Å². The van der Waals surface area contributed by atoms with E-state index in [0.29, 0.717) is 0 Å². The number of benzene rings is 2. The zero-order valence-corrected chi connectivity index (χ0v) is 12.6. The molecule has 2 nitrogen and oxygen atoms in total. The Kier molecular flexibility index (Phi) is 4.56. The van der Waals surface area contributed by atoms with Gasteiger partial charge in [0.05, 0.1) is 0 Å². The Bertz CT molecular complexity index is 565. The number of nitrogen functional groups attached to an aromatic ring is 1. The van der Waals surface area contributed by atoms with Crippen LogP contribution in [0.5, 0.6) is 0 Å². The number of nitrogens with zero attached hydrogens (tertiary/aromatic N) is 1. The molecule has 0 aliphatic carbocycles. The standard InChI is InChI=1S/C19H24N2/c20-19-10-4-3-8-18(19)9-5-13-21-14-11-16-6-1-2-7-17(16)12-15-21/h1-4,6-8,10H,5,9,11-15,20H2. The zero-order chi connectivity index (χ0) is 14.5. The summed E-state index contributed by atoms with van der Waals surface area (Å²) in [6.45, 7) is 3.53. The molecule has 0 bridgehead atoms. The second-order valence-corrected chi connectivity index (χ2v) is 5.91. The monoisotopic (exact) mass is 280 g/mol. The quantitative estimate of drug-likeness (QED) is 0.871. The Morgan fingerprint density at radius 3 is 2.14 bits per heavy atom. The van der Waals surface area contributed by atoms with Gasteiger partial charge in [-0.05, 0) is 55.0 Å². The summed E-state index contributed by atoms with van der Waals surface area (Å²) in [5.74, 6) is 0. The second kappa shape index (κ2) is 6.77. The van der Waals surface area contributed by atoms with E-state index >= 15 is 0 Å². The first kappa shape index (κ1) is 14.2. The van der Waals surface area contributed by atoms with E-state index in [0.717, 1.165) is 12.1 Å². The molecular formula is C19H24N2. The molecule has 0 unspecified atom stereocenters. The first-order valence-corrected chi connectivity index (χ1v) is 7.95. The number of anilines is 1. The molecule has 0 atom stereocenters. The van der Waals surface area contributed by atoms with Crippen LogP contribution >= 0.6 is 0 Å². The molecule has 0 aromatic heterocycles. The summed E-state index contributed by atoms with van der Waals surface area (Å²) in [7, 11) is 0. The number of fused-ring (bicyclic) bond motifs is 1. The number of hydrogen-bond donors (Lipinski definition) is 1. The van der Waals surface area contributed by atoms with Crippen molar-refractivity contribution in [1.82, 2.24) is 4.90 Å². The lowest BCUT2D eigenvalue weighted by Gasteiger charge is -2.19. The molecule has 1 aliphatic heterocycles. The predicted octanol–water partition coefficient (Wildman–Crippen LogP) is 3.30.